The van der Waals surface area contributed by atoms with Crippen LogP contribution in [0.15, 0.2) is 0 Å². The van der Waals surface area contributed by atoms with Crippen molar-refractivity contribution >= 4 is 42.5 Å². The van der Waals surface area contributed by atoms with Crippen molar-refractivity contribution in [1.29, 1.82) is 0 Å². The molecule has 0 aliphatic heterocycles. The topological polar surface area (TPSA) is 29.0 Å². The fourth-order valence-corrected chi connectivity index (χ4v) is 1.27. The molecule has 1 heterocycles. The number of hydrogen-bond donors (Lipinski definition) is 0. The van der Waals surface area contributed by atoms with E-state index in [2.05, 4.69) is 9.97 Å². The van der Waals surface area contributed by atoms with Gasteiger partial charge < -0.3 is 4.90 Å². The molecule has 12 heavy (non-hydrogen) atoms. The van der Waals surface area contributed by atoms with Crippen molar-refractivity contribution in [3.63, 3.8) is 0 Å². The third kappa shape index (κ3) is 1.82. The minimum Gasteiger partial charge on any atom is -0.361 e. The molecule has 0 amide bonds. The van der Waals surface area contributed by atoms with Gasteiger partial charge in [0.25, 0.3) is 0 Å². The zero-order chi connectivity index (χ0) is 9.30. The van der Waals surface area contributed by atoms with E-state index in [-0.39, 0.29) is 5.28 Å². The van der Waals surface area contributed by atoms with Crippen LogP contribution in [0.4, 0.5) is 5.82 Å². The van der Waals surface area contributed by atoms with Crippen molar-refractivity contribution in [1.82, 2.24) is 9.97 Å². The molecule has 0 fully saturated rings. The van der Waals surface area contributed by atoms with Crippen LogP contribution in [0.1, 0.15) is 0 Å². The number of rotatable bonds is 1. The summed E-state index contributed by atoms with van der Waals surface area (Å²) in [6.07, 6.45) is 0. The largest absolute Gasteiger partial charge is 0.361 e. The van der Waals surface area contributed by atoms with E-state index in [1.165, 1.54) is 0 Å². The van der Waals surface area contributed by atoms with Crippen LogP contribution in [0.2, 0.25) is 10.3 Å². The first-order valence-corrected chi connectivity index (χ1v) is 4.15. The van der Waals surface area contributed by atoms with Gasteiger partial charge in [-0.2, -0.15) is 4.98 Å². The van der Waals surface area contributed by atoms with Crippen LogP contribution in [0.5, 0.6) is 0 Å². The van der Waals surface area contributed by atoms with E-state index in [1.54, 1.807) is 12.7 Å². The molecule has 0 saturated carbocycles. The van der Waals surface area contributed by atoms with Gasteiger partial charge in [0, 0.05) is 19.7 Å². The SMILES string of the molecule is Bc1nc(Cl)nc(N(C)C)c1Cl. The van der Waals surface area contributed by atoms with Crippen LogP contribution in [0.25, 0.3) is 0 Å². The lowest BCUT2D eigenvalue weighted by Gasteiger charge is -2.13. The highest BCUT2D eigenvalue weighted by Gasteiger charge is 2.09. The molecular weight excluding hydrogens is 196 g/mol. The van der Waals surface area contributed by atoms with Crippen molar-refractivity contribution in [2.24, 2.45) is 0 Å². The Bertz CT molecular complexity index is 303. The minimum atomic E-state index is 0.223. The van der Waals surface area contributed by atoms with Crippen molar-refractivity contribution < 1.29 is 0 Å². The summed E-state index contributed by atoms with van der Waals surface area (Å²) in [5, 5.41) is 0.769. The fourth-order valence-electron chi connectivity index (χ4n) is 0.807. The molecule has 0 aromatic carbocycles. The molecule has 0 bridgehead atoms. The van der Waals surface area contributed by atoms with Crippen LogP contribution in [-0.4, -0.2) is 31.9 Å². The third-order valence-electron chi connectivity index (χ3n) is 1.40. The van der Waals surface area contributed by atoms with Gasteiger partial charge in [0.1, 0.15) is 0 Å². The van der Waals surface area contributed by atoms with Crippen LogP contribution in [0.3, 0.4) is 0 Å². The Labute approximate surface area is 82.1 Å². The zero-order valence-corrected chi connectivity index (χ0v) is 8.61. The highest BCUT2D eigenvalue weighted by molar-refractivity contribution is 6.46. The highest BCUT2D eigenvalue weighted by atomic mass is 35.5. The summed E-state index contributed by atoms with van der Waals surface area (Å²) in [7, 11) is 5.50. The Morgan fingerprint density at radius 3 is 2.33 bits per heavy atom. The summed E-state index contributed by atoms with van der Waals surface area (Å²) in [6, 6.07) is 0. The summed E-state index contributed by atoms with van der Waals surface area (Å²) in [5.41, 5.74) is 0.695. The van der Waals surface area contributed by atoms with Crippen LogP contribution < -0.4 is 10.5 Å². The molecule has 1 aromatic heterocycles. The van der Waals surface area contributed by atoms with E-state index >= 15 is 0 Å². The number of nitrogens with zero attached hydrogens (tertiary/aromatic N) is 3. The average molecular weight is 204 g/mol. The summed E-state index contributed by atoms with van der Waals surface area (Å²) in [4.78, 5) is 9.69. The van der Waals surface area contributed by atoms with E-state index in [1.807, 2.05) is 14.1 Å². The molecule has 1 rings (SSSR count). The van der Waals surface area contributed by atoms with Gasteiger partial charge in [0.05, 0.1) is 5.02 Å². The first kappa shape index (κ1) is 9.61. The molecule has 3 nitrogen and oxygen atoms in total. The van der Waals surface area contributed by atoms with Crippen molar-refractivity contribution in [3.8, 4) is 0 Å². The summed E-state index contributed by atoms with van der Waals surface area (Å²) in [5.74, 6) is 0.647. The van der Waals surface area contributed by atoms with Gasteiger partial charge in [-0.3, -0.25) is 0 Å². The van der Waals surface area contributed by atoms with Gasteiger partial charge in [0.2, 0.25) is 5.28 Å². The van der Waals surface area contributed by atoms with E-state index < -0.39 is 0 Å². The van der Waals surface area contributed by atoms with E-state index in [0.29, 0.717) is 16.4 Å². The van der Waals surface area contributed by atoms with Crippen molar-refractivity contribution in [2.45, 2.75) is 0 Å². The average Bonchev–Trinajstić information content (AvgIpc) is 1.96. The lowest BCUT2D eigenvalue weighted by atomic mass is 10.0. The Morgan fingerprint density at radius 2 is 1.83 bits per heavy atom. The monoisotopic (exact) mass is 203 g/mol. The number of hydrogen-bond acceptors (Lipinski definition) is 3. The van der Waals surface area contributed by atoms with E-state index in [0.717, 1.165) is 0 Å². The van der Waals surface area contributed by atoms with E-state index in [9.17, 15) is 0 Å². The lowest BCUT2D eigenvalue weighted by Crippen LogP contribution is -2.19. The highest BCUT2D eigenvalue weighted by Crippen LogP contribution is 2.19. The number of anilines is 1. The molecule has 0 unspecified atom stereocenters. The standard InChI is InChI=1S/C6H8BCl2N3/c1-12(2)5-3(8)4(7)10-6(9)11-5/h7H2,1-2H3. The fraction of sp³-hybridized carbons (Fsp3) is 0.333. The number of halogens is 2. The molecule has 6 heteroatoms. The first-order valence-electron chi connectivity index (χ1n) is 3.39. The molecule has 0 saturated heterocycles. The molecule has 0 N–H and O–H groups in total. The van der Waals surface area contributed by atoms with Gasteiger partial charge in [-0.25, -0.2) is 4.98 Å². The molecule has 0 aliphatic rings. The third-order valence-corrected chi connectivity index (χ3v) is 2.01. The summed E-state index contributed by atoms with van der Waals surface area (Å²) < 4.78 is 0. The second-order valence-electron chi connectivity index (χ2n) is 2.61. The van der Waals surface area contributed by atoms with Crippen molar-refractivity contribution in [3.05, 3.63) is 10.3 Å². The smallest absolute Gasteiger partial charge is 0.223 e. The lowest BCUT2D eigenvalue weighted by molar-refractivity contribution is 1.05. The Morgan fingerprint density at radius 1 is 1.25 bits per heavy atom. The Kier molecular flexibility index (Phi) is 2.80. The zero-order valence-electron chi connectivity index (χ0n) is 7.10. The van der Waals surface area contributed by atoms with Crippen LogP contribution in [0, 0.1) is 0 Å². The second kappa shape index (κ2) is 3.50. The van der Waals surface area contributed by atoms with E-state index in [4.69, 9.17) is 23.2 Å². The van der Waals surface area contributed by atoms with Gasteiger partial charge in [-0.15, -0.1) is 0 Å². The first-order chi connectivity index (χ1) is 5.52. The minimum absolute atomic E-state index is 0.223. The van der Waals surface area contributed by atoms with Crippen LogP contribution >= 0.6 is 23.2 Å². The number of aromatic nitrogens is 2. The molecular formula is C6H8BCl2N3. The van der Waals surface area contributed by atoms with Gasteiger partial charge in [-0.05, 0) is 11.6 Å². The molecule has 1 aromatic rings. The summed E-state index contributed by atoms with van der Waals surface area (Å²) >= 11 is 11.6. The van der Waals surface area contributed by atoms with Gasteiger partial charge in [0.15, 0.2) is 13.7 Å². The molecule has 0 spiro atoms. The maximum absolute atomic E-state index is 5.93. The van der Waals surface area contributed by atoms with Crippen molar-refractivity contribution in [2.75, 3.05) is 19.0 Å². The Hall–Kier alpha value is -0.475. The predicted octanol–water partition coefficient (Wildman–Crippen LogP) is 0.108. The molecule has 0 aliphatic carbocycles. The second-order valence-corrected chi connectivity index (χ2v) is 3.33. The predicted molar refractivity (Wildman–Crippen MR) is 54.6 cm³/mol. The molecule has 64 valence electrons. The Balaban J connectivity index is 3.28. The summed E-state index contributed by atoms with van der Waals surface area (Å²) in [6.45, 7) is 0. The molecule has 0 atom stereocenters. The van der Waals surface area contributed by atoms with Gasteiger partial charge in [-0.1, -0.05) is 11.6 Å². The maximum atomic E-state index is 5.93. The molecule has 0 radical (unpaired) electrons. The maximum Gasteiger partial charge on any atom is 0.223 e. The quantitative estimate of drug-likeness (QED) is 0.480. The van der Waals surface area contributed by atoms with Crippen LogP contribution in [-0.2, 0) is 0 Å². The van der Waals surface area contributed by atoms with Gasteiger partial charge >= 0.3 is 0 Å². The normalized spacial score (nSPS) is 10.0.